The molecule has 0 bridgehead atoms. The van der Waals surface area contributed by atoms with Crippen molar-refractivity contribution in [3.05, 3.63) is 42.0 Å². The molecule has 4 rings (SSSR count). The number of benzene rings is 2. The van der Waals surface area contributed by atoms with Crippen molar-refractivity contribution in [2.75, 3.05) is 19.2 Å². The Labute approximate surface area is 163 Å². The van der Waals surface area contributed by atoms with Crippen molar-refractivity contribution in [1.82, 2.24) is 5.32 Å². The maximum absolute atomic E-state index is 6.11. The number of thiocarbonyl (C=S) groups is 1. The summed E-state index contributed by atoms with van der Waals surface area (Å²) in [5, 5.41) is 7.16. The Hall–Kier alpha value is -2.67. The Morgan fingerprint density at radius 1 is 1.11 bits per heavy atom. The summed E-state index contributed by atoms with van der Waals surface area (Å²) in [6, 6.07) is 11.5. The van der Waals surface area contributed by atoms with E-state index in [1.54, 1.807) is 7.11 Å². The Morgan fingerprint density at radius 3 is 2.70 bits per heavy atom. The molecule has 1 atom stereocenters. The predicted molar refractivity (Wildman–Crippen MR) is 107 cm³/mol. The Bertz CT molecular complexity index is 884. The van der Waals surface area contributed by atoms with Crippen molar-refractivity contribution in [2.24, 2.45) is 0 Å². The molecule has 2 aliphatic rings. The average Bonchev–Trinajstić information content (AvgIpc) is 3.08. The summed E-state index contributed by atoms with van der Waals surface area (Å²) in [6.07, 6.45) is 0.774. The molecule has 6 nitrogen and oxygen atoms in total. The molecular formula is C20H22N2O4S. The summed E-state index contributed by atoms with van der Waals surface area (Å²) in [5.41, 5.74) is 1.57. The highest BCUT2D eigenvalue weighted by Crippen LogP contribution is 2.41. The van der Waals surface area contributed by atoms with Crippen molar-refractivity contribution in [2.45, 2.75) is 31.9 Å². The number of ether oxygens (including phenoxy) is 4. The van der Waals surface area contributed by atoms with Gasteiger partial charge in [-0.25, -0.2) is 0 Å². The molecule has 142 valence electrons. The molecule has 0 amide bonds. The third-order valence-electron chi connectivity index (χ3n) is 4.61. The topological polar surface area (TPSA) is 61.0 Å². The average molecular weight is 386 g/mol. The van der Waals surface area contributed by atoms with Crippen molar-refractivity contribution in [3.63, 3.8) is 0 Å². The van der Waals surface area contributed by atoms with E-state index in [9.17, 15) is 0 Å². The normalized spacial score (nSPS) is 18.9. The number of rotatable bonds is 3. The molecule has 2 N–H and O–H groups in total. The van der Waals surface area contributed by atoms with E-state index in [4.69, 9.17) is 31.2 Å². The molecule has 2 heterocycles. The highest BCUT2D eigenvalue weighted by atomic mass is 32.1. The van der Waals surface area contributed by atoms with Gasteiger partial charge in [0.05, 0.1) is 13.2 Å². The maximum atomic E-state index is 6.11. The summed E-state index contributed by atoms with van der Waals surface area (Å²) in [7, 11) is 1.66. The fourth-order valence-corrected chi connectivity index (χ4v) is 3.65. The van der Waals surface area contributed by atoms with E-state index in [-0.39, 0.29) is 18.4 Å². The fourth-order valence-electron chi connectivity index (χ4n) is 3.39. The standard InChI is InChI=1S/C20H22N2O4S/c1-20(2)10-15(14-9-13(23-3)5-7-16(14)26-20)22-19(27)21-12-4-6-17-18(8-12)25-11-24-17/h4-9,15H,10-11H2,1-3H3,(H2,21,22,27)/t15-/m1/s1. The van der Waals surface area contributed by atoms with E-state index in [0.717, 1.165) is 34.9 Å². The molecule has 0 unspecified atom stereocenters. The molecule has 0 fully saturated rings. The van der Waals surface area contributed by atoms with Crippen LogP contribution in [0.25, 0.3) is 0 Å². The lowest BCUT2D eigenvalue weighted by molar-refractivity contribution is 0.0695. The second-order valence-electron chi connectivity index (χ2n) is 7.19. The molecule has 0 saturated carbocycles. The van der Waals surface area contributed by atoms with E-state index in [0.29, 0.717) is 10.9 Å². The van der Waals surface area contributed by atoms with Crippen LogP contribution in [0.15, 0.2) is 36.4 Å². The van der Waals surface area contributed by atoms with Gasteiger partial charge in [-0.05, 0) is 56.4 Å². The molecule has 27 heavy (non-hydrogen) atoms. The minimum Gasteiger partial charge on any atom is -0.497 e. The Balaban J connectivity index is 1.52. The molecule has 0 radical (unpaired) electrons. The largest absolute Gasteiger partial charge is 0.497 e. The van der Waals surface area contributed by atoms with E-state index in [1.807, 2.05) is 36.4 Å². The SMILES string of the molecule is COc1ccc2c(c1)[C@H](NC(=S)Nc1ccc3c(c1)OCO3)CC(C)(C)O2. The maximum Gasteiger partial charge on any atom is 0.231 e. The zero-order valence-corrected chi connectivity index (χ0v) is 16.3. The van der Waals surface area contributed by atoms with E-state index in [1.165, 1.54) is 0 Å². The first-order valence-corrected chi connectivity index (χ1v) is 9.18. The van der Waals surface area contributed by atoms with Gasteiger partial charge in [0.25, 0.3) is 0 Å². The summed E-state index contributed by atoms with van der Waals surface area (Å²) >= 11 is 5.54. The van der Waals surface area contributed by atoms with Gasteiger partial charge in [-0.1, -0.05) is 0 Å². The summed E-state index contributed by atoms with van der Waals surface area (Å²) in [4.78, 5) is 0. The number of hydrogen-bond donors (Lipinski definition) is 2. The van der Waals surface area contributed by atoms with Gasteiger partial charge in [-0.15, -0.1) is 0 Å². The summed E-state index contributed by atoms with van der Waals surface area (Å²) in [5.74, 6) is 3.09. The number of methoxy groups -OCH3 is 1. The van der Waals surface area contributed by atoms with Crippen LogP contribution in [0.2, 0.25) is 0 Å². The second kappa shape index (κ2) is 6.81. The van der Waals surface area contributed by atoms with Gasteiger partial charge in [-0.2, -0.15) is 0 Å². The van der Waals surface area contributed by atoms with Gasteiger partial charge >= 0.3 is 0 Å². The highest BCUT2D eigenvalue weighted by Gasteiger charge is 2.34. The predicted octanol–water partition coefficient (Wildman–Crippen LogP) is 4.01. The molecule has 2 aliphatic heterocycles. The van der Waals surface area contributed by atoms with E-state index >= 15 is 0 Å². The van der Waals surface area contributed by atoms with E-state index < -0.39 is 0 Å². The van der Waals surface area contributed by atoms with Gasteiger partial charge in [0.1, 0.15) is 17.1 Å². The van der Waals surface area contributed by atoms with Crippen molar-refractivity contribution in [3.8, 4) is 23.0 Å². The number of nitrogens with one attached hydrogen (secondary N) is 2. The zero-order chi connectivity index (χ0) is 19.0. The lowest BCUT2D eigenvalue weighted by Gasteiger charge is -2.38. The van der Waals surface area contributed by atoms with Gasteiger partial charge in [-0.3, -0.25) is 0 Å². The first-order valence-electron chi connectivity index (χ1n) is 8.78. The van der Waals surface area contributed by atoms with Crippen LogP contribution in [0.4, 0.5) is 5.69 Å². The smallest absolute Gasteiger partial charge is 0.231 e. The van der Waals surface area contributed by atoms with Gasteiger partial charge in [0.15, 0.2) is 16.6 Å². The van der Waals surface area contributed by atoms with Gasteiger partial charge < -0.3 is 29.6 Å². The molecule has 0 spiro atoms. The van der Waals surface area contributed by atoms with Gasteiger partial charge in [0.2, 0.25) is 6.79 Å². The van der Waals surface area contributed by atoms with Crippen LogP contribution < -0.4 is 29.6 Å². The van der Waals surface area contributed by atoms with Crippen molar-refractivity contribution >= 4 is 23.0 Å². The second-order valence-corrected chi connectivity index (χ2v) is 7.60. The summed E-state index contributed by atoms with van der Waals surface area (Å²) in [6.45, 7) is 4.39. The van der Waals surface area contributed by atoms with Crippen LogP contribution >= 0.6 is 12.2 Å². The van der Waals surface area contributed by atoms with Gasteiger partial charge in [0, 0.05) is 23.7 Å². The molecule has 0 aromatic heterocycles. The van der Waals surface area contributed by atoms with Crippen LogP contribution in [0.5, 0.6) is 23.0 Å². The molecule has 0 saturated heterocycles. The monoisotopic (exact) mass is 386 g/mol. The molecule has 7 heteroatoms. The first kappa shape index (κ1) is 17.7. The minimum atomic E-state index is -0.298. The Kier molecular flexibility index (Phi) is 4.47. The minimum absolute atomic E-state index is 0.00728. The number of anilines is 1. The lowest BCUT2D eigenvalue weighted by Crippen LogP contribution is -2.42. The van der Waals surface area contributed by atoms with Crippen LogP contribution in [0.1, 0.15) is 31.9 Å². The van der Waals surface area contributed by atoms with Crippen LogP contribution in [0.3, 0.4) is 0 Å². The summed E-state index contributed by atoms with van der Waals surface area (Å²) < 4.78 is 22.2. The van der Waals surface area contributed by atoms with Crippen LogP contribution in [-0.4, -0.2) is 24.6 Å². The van der Waals surface area contributed by atoms with Crippen LogP contribution in [0, 0.1) is 0 Å². The zero-order valence-electron chi connectivity index (χ0n) is 15.5. The quantitative estimate of drug-likeness (QED) is 0.773. The van der Waals surface area contributed by atoms with Crippen LogP contribution in [-0.2, 0) is 0 Å². The van der Waals surface area contributed by atoms with Crippen molar-refractivity contribution in [1.29, 1.82) is 0 Å². The first-order chi connectivity index (χ1) is 12.9. The highest BCUT2D eigenvalue weighted by molar-refractivity contribution is 7.80. The molecular weight excluding hydrogens is 364 g/mol. The van der Waals surface area contributed by atoms with E-state index in [2.05, 4.69) is 24.5 Å². The molecule has 2 aromatic carbocycles. The molecule has 2 aromatic rings. The third-order valence-corrected chi connectivity index (χ3v) is 4.83. The van der Waals surface area contributed by atoms with Crippen molar-refractivity contribution < 1.29 is 18.9 Å². The number of fused-ring (bicyclic) bond motifs is 2. The Morgan fingerprint density at radius 2 is 1.89 bits per heavy atom. The fraction of sp³-hybridized carbons (Fsp3) is 0.350. The molecule has 0 aliphatic carbocycles. The number of hydrogen-bond acceptors (Lipinski definition) is 5. The third kappa shape index (κ3) is 3.73. The lowest BCUT2D eigenvalue weighted by atomic mass is 9.89.